The lowest BCUT2D eigenvalue weighted by Crippen LogP contribution is -2.26. The number of anilines is 2. The number of nitrogens with zero attached hydrogens (tertiary/aromatic N) is 2. The summed E-state index contributed by atoms with van der Waals surface area (Å²) in [4.78, 5) is 20.1. The molecule has 28 heavy (non-hydrogen) atoms. The zero-order valence-corrected chi connectivity index (χ0v) is 14.7. The third-order valence-electron chi connectivity index (χ3n) is 3.90. The van der Waals surface area contributed by atoms with E-state index in [-0.39, 0.29) is 23.1 Å². The van der Waals surface area contributed by atoms with E-state index in [1.54, 1.807) is 0 Å². The monoisotopic (exact) mass is 386 g/mol. The van der Waals surface area contributed by atoms with Crippen molar-refractivity contribution in [3.63, 3.8) is 0 Å². The Morgan fingerprint density at radius 2 is 1.68 bits per heavy atom. The highest BCUT2D eigenvalue weighted by atomic mass is 19.4. The average molecular weight is 386 g/mol. The first kappa shape index (κ1) is 19.3. The summed E-state index contributed by atoms with van der Waals surface area (Å²) in [7, 11) is 0. The van der Waals surface area contributed by atoms with Crippen molar-refractivity contribution in [1.82, 2.24) is 15.3 Å². The number of rotatable bonds is 6. The second-order valence-corrected chi connectivity index (χ2v) is 5.99. The molecule has 3 rings (SSSR count). The van der Waals surface area contributed by atoms with Crippen LogP contribution in [0.5, 0.6) is 0 Å². The molecule has 2 N–H and O–H groups in total. The normalized spacial score (nSPS) is 11.1. The van der Waals surface area contributed by atoms with Crippen molar-refractivity contribution in [2.24, 2.45) is 0 Å². The number of aromatic nitrogens is 2. The van der Waals surface area contributed by atoms with Crippen molar-refractivity contribution < 1.29 is 18.0 Å². The van der Waals surface area contributed by atoms with Crippen molar-refractivity contribution in [2.75, 3.05) is 11.9 Å². The number of amides is 1. The molecule has 2 aromatic carbocycles. The summed E-state index contributed by atoms with van der Waals surface area (Å²) in [5.41, 5.74) is 0.809. The fourth-order valence-electron chi connectivity index (χ4n) is 2.48. The molecule has 0 aliphatic carbocycles. The van der Waals surface area contributed by atoms with Gasteiger partial charge >= 0.3 is 6.18 Å². The lowest BCUT2D eigenvalue weighted by atomic mass is 10.1. The minimum Gasteiger partial charge on any atom is -0.352 e. The van der Waals surface area contributed by atoms with Crippen LogP contribution in [0.4, 0.5) is 24.8 Å². The average Bonchev–Trinajstić information content (AvgIpc) is 2.69. The Balaban J connectivity index is 1.56. The minimum absolute atomic E-state index is 0.0974. The summed E-state index contributed by atoms with van der Waals surface area (Å²) in [6.07, 6.45) is -1.09. The van der Waals surface area contributed by atoms with Crippen LogP contribution in [0.3, 0.4) is 0 Å². The fourth-order valence-corrected chi connectivity index (χ4v) is 2.48. The van der Waals surface area contributed by atoms with Gasteiger partial charge in [0.1, 0.15) is 0 Å². The summed E-state index contributed by atoms with van der Waals surface area (Å²) in [5, 5.41) is 5.47. The number of benzene rings is 2. The predicted octanol–water partition coefficient (Wildman–Crippen LogP) is 4.21. The van der Waals surface area contributed by atoms with Crippen LogP contribution in [0.2, 0.25) is 0 Å². The van der Waals surface area contributed by atoms with Gasteiger partial charge in [0.15, 0.2) is 0 Å². The second-order valence-electron chi connectivity index (χ2n) is 5.99. The number of hydrogen-bond donors (Lipinski definition) is 2. The van der Waals surface area contributed by atoms with Crippen LogP contribution in [0, 0.1) is 0 Å². The lowest BCUT2D eigenvalue weighted by molar-refractivity contribution is -0.137. The van der Waals surface area contributed by atoms with Gasteiger partial charge in [-0.3, -0.25) is 4.79 Å². The Morgan fingerprint density at radius 1 is 0.964 bits per heavy atom. The molecule has 8 heteroatoms. The van der Waals surface area contributed by atoms with Gasteiger partial charge in [0.05, 0.1) is 11.1 Å². The van der Waals surface area contributed by atoms with Gasteiger partial charge in [0, 0.05) is 24.6 Å². The standard InChI is InChI=1S/C20H17F3N4O/c21-20(22,23)16-7-4-8-17(11-16)27-19-25-12-15(13-26-19)18(28)24-10-9-14-5-2-1-3-6-14/h1-8,11-13H,9-10H2,(H,24,28)(H,25,26,27). The third kappa shape index (κ3) is 5.29. The second kappa shape index (κ2) is 8.51. The van der Waals surface area contributed by atoms with E-state index < -0.39 is 11.7 Å². The molecular weight excluding hydrogens is 369 g/mol. The summed E-state index contributed by atoms with van der Waals surface area (Å²) in [6.45, 7) is 0.465. The van der Waals surface area contributed by atoms with E-state index in [2.05, 4.69) is 20.6 Å². The lowest BCUT2D eigenvalue weighted by Gasteiger charge is -2.10. The summed E-state index contributed by atoms with van der Waals surface area (Å²) in [6, 6.07) is 14.5. The van der Waals surface area contributed by atoms with Crippen molar-refractivity contribution in [1.29, 1.82) is 0 Å². The number of halogens is 3. The van der Waals surface area contributed by atoms with Crippen LogP contribution in [-0.2, 0) is 12.6 Å². The molecule has 0 unspecified atom stereocenters. The predicted molar refractivity (Wildman–Crippen MR) is 99.2 cm³/mol. The first-order chi connectivity index (χ1) is 13.4. The molecule has 1 amide bonds. The molecule has 1 heterocycles. The first-order valence-corrected chi connectivity index (χ1v) is 8.50. The van der Waals surface area contributed by atoms with E-state index in [0.717, 1.165) is 17.7 Å². The molecular formula is C20H17F3N4O. The van der Waals surface area contributed by atoms with E-state index in [1.165, 1.54) is 24.5 Å². The molecule has 0 aliphatic heterocycles. The number of carbonyl (C=O) groups excluding carboxylic acids is 1. The Bertz CT molecular complexity index is 928. The van der Waals surface area contributed by atoms with Gasteiger partial charge in [-0.15, -0.1) is 0 Å². The molecule has 1 aromatic heterocycles. The molecule has 0 atom stereocenters. The van der Waals surface area contributed by atoms with Crippen molar-refractivity contribution >= 4 is 17.5 Å². The van der Waals surface area contributed by atoms with E-state index in [9.17, 15) is 18.0 Å². The van der Waals surface area contributed by atoms with Crippen LogP contribution in [-0.4, -0.2) is 22.4 Å². The van der Waals surface area contributed by atoms with Crippen molar-refractivity contribution in [3.8, 4) is 0 Å². The molecule has 5 nitrogen and oxygen atoms in total. The molecule has 0 radical (unpaired) electrons. The molecule has 144 valence electrons. The SMILES string of the molecule is O=C(NCCc1ccccc1)c1cnc(Nc2cccc(C(F)(F)F)c2)nc1. The summed E-state index contributed by atoms with van der Waals surface area (Å²) in [5.74, 6) is -0.221. The van der Waals surface area contributed by atoms with Crippen molar-refractivity contribution in [3.05, 3.63) is 83.7 Å². The third-order valence-corrected chi connectivity index (χ3v) is 3.90. The smallest absolute Gasteiger partial charge is 0.352 e. The molecule has 0 bridgehead atoms. The van der Waals surface area contributed by atoms with Gasteiger partial charge in [-0.25, -0.2) is 9.97 Å². The summed E-state index contributed by atoms with van der Waals surface area (Å²) >= 11 is 0. The fraction of sp³-hybridized carbons (Fsp3) is 0.150. The van der Waals surface area contributed by atoms with Crippen LogP contribution in [0.1, 0.15) is 21.5 Å². The highest BCUT2D eigenvalue weighted by Gasteiger charge is 2.30. The number of nitrogens with one attached hydrogen (secondary N) is 2. The molecule has 0 aliphatic rings. The topological polar surface area (TPSA) is 66.9 Å². The maximum Gasteiger partial charge on any atom is 0.416 e. The molecule has 0 spiro atoms. The van der Waals surface area contributed by atoms with E-state index >= 15 is 0 Å². The molecule has 0 saturated heterocycles. The van der Waals surface area contributed by atoms with Gasteiger partial charge in [-0.1, -0.05) is 36.4 Å². The van der Waals surface area contributed by atoms with Crippen LogP contribution >= 0.6 is 0 Å². The molecule has 0 fully saturated rings. The highest BCUT2D eigenvalue weighted by molar-refractivity contribution is 5.93. The Kier molecular flexibility index (Phi) is 5.88. The molecule has 0 saturated carbocycles. The van der Waals surface area contributed by atoms with Gasteiger partial charge in [0.2, 0.25) is 5.95 Å². The zero-order valence-electron chi connectivity index (χ0n) is 14.7. The Hall–Kier alpha value is -3.42. The Labute approximate surface area is 159 Å². The largest absolute Gasteiger partial charge is 0.416 e. The maximum atomic E-state index is 12.8. The zero-order chi connectivity index (χ0) is 20.0. The van der Waals surface area contributed by atoms with E-state index in [4.69, 9.17) is 0 Å². The molecule has 3 aromatic rings. The van der Waals surface area contributed by atoms with Crippen LogP contribution < -0.4 is 10.6 Å². The van der Waals surface area contributed by atoms with E-state index in [0.29, 0.717) is 13.0 Å². The number of alkyl halides is 3. The van der Waals surface area contributed by atoms with Crippen LogP contribution in [0.25, 0.3) is 0 Å². The van der Waals surface area contributed by atoms with Gasteiger partial charge in [0.25, 0.3) is 5.91 Å². The van der Waals surface area contributed by atoms with Crippen molar-refractivity contribution in [2.45, 2.75) is 12.6 Å². The minimum atomic E-state index is -4.43. The van der Waals surface area contributed by atoms with Crippen LogP contribution in [0.15, 0.2) is 67.0 Å². The quantitative estimate of drug-likeness (QED) is 0.666. The maximum absolute atomic E-state index is 12.8. The van der Waals surface area contributed by atoms with Gasteiger partial charge in [-0.2, -0.15) is 13.2 Å². The Morgan fingerprint density at radius 3 is 2.36 bits per heavy atom. The number of hydrogen-bond acceptors (Lipinski definition) is 4. The summed E-state index contributed by atoms with van der Waals surface area (Å²) < 4.78 is 38.3. The van der Waals surface area contributed by atoms with E-state index in [1.807, 2.05) is 30.3 Å². The van der Waals surface area contributed by atoms with Gasteiger partial charge < -0.3 is 10.6 Å². The first-order valence-electron chi connectivity index (χ1n) is 8.50. The highest BCUT2D eigenvalue weighted by Crippen LogP contribution is 2.31. The number of carbonyl (C=O) groups is 1. The van der Waals surface area contributed by atoms with Gasteiger partial charge in [-0.05, 0) is 30.2 Å².